The van der Waals surface area contributed by atoms with Crippen LogP contribution in [0.3, 0.4) is 0 Å². The molecule has 31 heavy (non-hydrogen) atoms. The molecule has 1 aromatic carbocycles. The van der Waals surface area contributed by atoms with Gasteiger partial charge in [-0.2, -0.15) is 0 Å². The van der Waals surface area contributed by atoms with E-state index in [2.05, 4.69) is 19.9 Å². The van der Waals surface area contributed by atoms with Crippen molar-refractivity contribution >= 4 is 5.91 Å². The van der Waals surface area contributed by atoms with E-state index < -0.39 is 5.82 Å². The molecule has 0 N–H and O–H groups in total. The number of halogens is 1. The molecule has 158 valence electrons. The SMILES string of the molecule is CCc1cnc(O[C@@H]2C[C@H]3C[C@@H]2N(C(=O)c2cccc(F)c2-c2ncccn2)C3)nc1. The van der Waals surface area contributed by atoms with Gasteiger partial charge in [0.1, 0.15) is 11.9 Å². The van der Waals surface area contributed by atoms with E-state index in [-0.39, 0.29) is 35.0 Å². The molecule has 1 saturated carbocycles. The second-order valence-electron chi connectivity index (χ2n) is 7.98. The van der Waals surface area contributed by atoms with Crippen molar-refractivity contribution in [3.05, 3.63) is 66.0 Å². The molecular formula is C23H22FN5O2. The third-order valence-corrected chi connectivity index (χ3v) is 6.07. The Hall–Kier alpha value is -3.42. The van der Waals surface area contributed by atoms with Gasteiger partial charge >= 0.3 is 6.01 Å². The summed E-state index contributed by atoms with van der Waals surface area (Å²) in [7, 11) is 0. The van der Waals surface area contributed by atoms with Gasteiger partial charge in [-0.3, -0.25) is 4.79 Å². The van der Waals surface area contributed by atoms with Crippen LogP contribution in [0.1, 0.15) is 35.7 Å². The quantitative estimate of drug-likeness (QED) is 0.631. The second-order valence-corrected chi connectivity index (χ2v) is 7.98. The van der Waals surface area contributed by atoms with Crippen molar-refractivity contribution in [1.29, 1.82) is 0 Å². The number of piperidine rings is 1. The van der Waals surface area contributed by atoms with Crippen LogP contribution in [0.4, 0.5) is 4.39 Å². The number of rotatable bonds is 5. The van der Waals surface area contributed by atoms with Gasteiger partial charge in [0.15, 0.2) is 5.82 Å². The lowest BCUT2D eigenvalue weighted by atomic mass is 10.0. The summed E-state index contributed by atoms with van der Waals surface area (Å²) in [4.78, 5) is 32.1. The summed E-state index contributed by atoms with van der Waals surface area (Å²) >= 11 is 0. The predicted molar refractivity (Wildman–Crippen MR) is 111 cm³/mol. The number of amides is 1. The number of ether oxygens (including phenoxy) is 1. The van der Waals surface area contributed by atoms with Gasteiger partial charge in [0.25, 0.3) is 5.91 Å². The number of nitrogens with zero attached hydrogens (tertiary/aromatic N) is 5. The fourth-order valence-corrected chi connectivity index (χ4v) is 4.56. The zero-order valence-corrected chi connectivity index (χ0v) is 17.1. The molecule has 2 aromatic heterocycles. The summed E-state index contributed by atoms with van der Waals surface area (Å²) < 4.78 is 20.8. The van der Waals surface area contributed by atoms with Crippen molar-refractivity contribution in [3.63, 3.8) is 0 Å². The molecule has 0 spiro atoms. The molecular weight excluding hydrogens is 397 g/mol. The van der Waals surface area contributed by atoms with Crippen LogP contribution in [-0.2, 0) is 6.42 Å². The highest BCUT2D eigenvalue weighted by Crippen LogP contribution is 2.40. The first-order valence-corrected chi connectivity index (χ1v) is 10.5. The van der Waals surface area contributed by atoms with Crippen LogP contribution in [0, 0.1) is 11.7 Å². The van der Waals surface area contributed by atoms with Crippen LogP contribution in [0.25, 0.3) is 11.4 Å². The molecule has 5 rings (SSSR count). The van der Waals surface area contributed by atoms with Crippen molar-refractivity contribution in [1.82, 2.24) is 24.8 Å². The van der Waals surface area contributed by atoms with E-state index in [4.69, 9.17) is 4.74 Å². The molecule has 1 amide bonds. The van der Waals surface area contributed by atoms with E-state index in [1.165, 1.54) is 18.5 Å². The van der Waals surface area contributed by atoms with Crippen LogP contribution in [0.2, 0.25) is 0 Å². The maximum atomic E-state index is 14.7. The molecule has 1 aliphatic carbocycles. The van der Waals surface area contributed by atoms with E-state index in [0.29, 0.717) is 18.5 Å². The molecule has 0 unspecified atom stereocenters. The highest BCUT2D eigenvalue weighted by Gasteiger charge is 2.49. The number of hydrogen-bond donors (Lipinski definition) is 0. The summed E-state index contributed by atoms with van der Waals surface area (Å²) in [6.45, 7) is 2.67. The minimum atomic E-state index is -0.515. The number of aromatic nitrogens is 4. The third kappa shape index (κ3) is 3.62. The molecule has 3 heterocycles. The minimum absolute atomic E-state index is 0.0974. The van der Waals surface area contributed by atoms with Gasteiger partial charge in [-0.05, 0) is 48.9 Å². The van der Waals surface area contributed by atoms with Crippen molar-refractivity contribution in [2.24, 2.45) is 5.92 Å². The lowest BCUT2D eigenvalue weighted by molar-refractivity contribution is 0.0453. The first-order chi connectivity index (χ1) is 15.1. The second kappa shape index (κ2) is 8.02. The number of fused-ring (bicyclic) bond motifs is 2. The molecule has 3 aromatic rings. The zero-order chi connectivity index (χ0) is 21.4. The number of likely N-dealkylation sites (tertiary alicyclic amines) is 1. The van der Waals surface area contributed by atoms with Gasteiger partial charge in [0.2, 0.25) is 0 Å². The summed E-state index contributed by atoms with van der Waals surface area (Å²) in [5, 5.41) is 0. The standard InChI is InChI=1S/C23H22FN5O2/c1-2-14-11-27-23(28-12-14)31-19-10-15-9-18(19)29(13-15)22(30)16-5-3-6-17(24)20(16)21-25-7-4-8-26-21/h3-8,11-12,15,18-19H,2,9-10,13H2,1H3/t15-,18+,19-/m1/s1. The van der Waals surface area contributed by atoms with Gasteiger partial charge in [-0.25, -0.2) is 24.3 Å². The molecule has 1 aliphatic heterocycles. The summed E-state index contributed by atoms with van der Waals surface area (Å²) in [5.41, 5.74) is 1.44. The van der Waals surface area contributed by atoms with Gasteiger partial charge in [0.05, 0.1) is 17.2 Å². The summed E-state index contributed by atoms with van der Waals surface area (Å²) in [6.07, 6.45) is 8.98. The molecule has 2 aliphatic rings. The van der Waals surface area contributed by atoms with Crippen LogP contribution in [-0.4, -0.2) is 49.4 Å². The van der Waals surface area contributed by atoms with Gasteiger partial charge in [-0.15, -0.1) is 0 Å². The Morgan fingerprint density at radius 3 is 2.61 bits per heavy atom. The average Bonchev–Trinajstić information content (AvgIpc) is 3.40. The van der Waals surface area contributed by atoms with Crippen molar-refractivity contribution in [3.8, 4) is 17.4 Å². The van der Waals surface area contributed by atoms with Crippen molar-refractivity contribution in [2.45, 2.75) is 38.3 Å². The van der Waals surface area contributed by atoms with Crippen LogP contribution in [0.5, 0.6) is 6.01 Å². The Morgan fingerprint density at radius 2 is 1.90 bits per heavy atom. The average molecular weight is 419 g/mol. The normalized spacial score (nSPS) is 22.0. The molecule has 3 atom stereocenters. The van der Waals surface area contributed by atoms with Crippen LogP contribution >= 0.6 is 0 Å². The fourth-order valence-electron chi connectivity index (χ4n) is 4.56. The van der Waals surface area contributed by atoms with Gasteiger partial charge < -0.3 is 9.64 Å². The van der Waals surface area contributed by atoms with Crippen LogP contribution < -0.4 is 4.74 Å². The van der Waals surface area contributed by atoms with E-state index >= 15 is 0 Å². The number of aryl methyl sites for hydroxylation is 1. The van der Waals surface area contributed by atoms with E-state index in [1.54, 1.807) is 35.5 Å². The van der Waals surface area contributed by atoms with Gasteiger partial charge in [0, 0.05) is 31.3 Å². The number of carbonyl (C=O) groups is 1. The Bertz CT molecular complexity index is 1090. The predicted octanol–water partition coefficient (Wildman–Crippen LogP) is 3.32. The fraction of sp³-hybridized carbons (Fsp3) is 0.348. The Balaban J connectivity index is 1.40. The van der Waals surface area contributed by atoms with Crippen LogP contribution in [0.15, 0.2) is 49.1 Å². The smallest absolute Gasteiger partial charge is 0.316 e. The highest BCUT2D eigenvalue weighted by atomic mass is 19.1. The molecule has 7 nitrogen and oxygen atoms in total. The molecule has 0 radical (unpaired) electrons. The molecule has 2 fully saturated rings. The summed E-state index contributed by atoms with van der Waals surface area (Å²) in [5.74, 6) is -0.201. The maximum Gasteiger partial charge on any atom is 0.316 e. The Labute approximate surface area is 179 Å². The topological polar surface area (TPSA) is 81.1 Å². The van der Waals surface area contributed by atoms with Crippen molar-refractivity contribution < 1.29 is 13.9 Å². The number of benzene rings is 1. The Morgan fingerprint density at radius 1 is 1.13 bits per heavy atom. The van der Waals surface area contributed by atoms with Gasteiger partial charge in [-0.1, -0.05) is 13.0 Å². The maximum absolute atomic E-state index is 14.7. The first-order valence-electron chi connectivity index (χ1n) is 10.5. The third-order valence-electron chi connectivity index (χ3n) is 6.07. The molecule has 2 bridgehead atoms. The lowest BCUT2D eigenvalue weighted by Crippen LogP contribution is -2.47. The zero-order valence-electron chi connectivity index (χ0n) is 17.1. The number of carbonyl (C=O) groups excluding carboxylic acids is 1. The summed E-state index contributed by atoms with van der Waals surface area (Å²) in [6, 6.07) is 6.38. The monoisotopic (exact) mass is 419 g/mol. The van der Waals surface area contributed by atoms with E-state index in [9.17, 15) is 9.18 Å². The van der Waals surface area contributed by atoms with E-state index in [0.717, 1.165) is 24.8 Å². The lowest BCUT2D eigenvalue weighted by Gasteiger charge is -2.33. The molecule has 1 saturated heterocycles. The van der Waals surface area contributed by atoms with Crippen molar-refractivity contribution in [2.75, 3.05) is 6.54 Å². The van der Waals surface area contributed by atoms with E-state index in [1.807, 2.05) is 6.92 Å². The highest BCUT2D eigenvalue weighted by molar-refractivity contribution is 6.00. The minimum Gasteiger partial charge on any atom is -0.458 e. The largest absolute Gasteiger partial charge is 0.458 e. The first kappa shape index (κ1) is 19.5. The Kier molecular flexibility index (Phi) is 5.05. The molecule has 8 heteroatoms. The number of hydrogen-bond acceptors (Lipinski definition) is 6.